The SMILES string of the molecule is COc1cccc(C(F)(F)[C@H](O)C=C[C@H]2CCCC(=O)N2CCCCCCC(=O)O)c1. The Bertz CT molecular complexity index is 768. The van der Waals surface area contributed by atoms with Gasteiger partial charge >= 0.3 is 11.9 Å². The van der Waals surface area contributed by atoms with E-state index in [-0.39, 0.29) is 29.7 Å². The van der Waals surface area contributed by atoms with Crippen molar-refractivity contribution < 1.29 is 33.3 Å². The van der Waals surface area contributed by atoms with Gasteiger partial charge in [-0.05, 0) is 37.8 Å². The number of carbonyl (C=O) groups excluding carboxylic acids is 1. The molecule has 2 N–H and O–H groups in total. The number of carboxylic acid groups (broad SMARTS) is 1. The van der Waals surface area contributed by atoms with Crippen molar-refractivity contribution in [2.45, 2.75) is 69.4 Å². The zero-order valence-electron chi connectivity index (χ0n) is 17.8. The van der Waals surface area contributed by atoms with Crippen LogP contribution >= 0.6 is 0 Å². The molecule has 1 heterocycles. The van der Waals surface area contributed by atoms with Crippen molar-refractivity contribution in [3.05, 3.63) is 42.0 Å². The first-order valence-corrected chi connectivity index (χ1v) is 10.7. The molecule has 31 heavy (non-hydrogen) atoms. The second kappa shape index (κ2) is 11.8. The van der Waals surface area contributed by atoms with E-state index in [2.05, 4.69) is 0 Å². The maximum absolute atomic E-state index is 14.7. The van der Waals surface area contributed by atoms with Crippen LogP contribution in [-0.2, 0) is 15.5 Å². The van der Waals surface area contributed by atoms with E-state index in [1.807, 2.05) is 0 Å². The maximum atomic E-state index is 14.7. The summed E-state index contributed by atoms with van der Waals surface area (Å²) in [4.78, 5) is 24.6. The lowest BCUT2D eigenvalue weighted by Crippen LogP contribution is -2.43. The van der Waals surface area contributed by atoms with E-state index >= 15 is 0 Å². The second-order valence-electron chi connectivity index (χ2n) is 7.79. The van der Waals surface area contributed by atoms with Gasteiger partial charge in [0.1, 0.15) is 11.9 Å². The summed E-state index contributed by atoms with van der Waals surface area (Å²) >= 11 is 0. The van der Waals surface area contributed by atoms with E-state index in [1.165, 1.54) is 31.4 Å². The van der Waals surface area contributed by atoms with Crippen molar-refractivity contribution in [2.75, 3.05) is 13.7 Å². The number of unbranched alkanes of at least 4 members (excludes halogenated alkanes) is 3. The number of carboxylic acids is 1. The number of rotatable bonds is 12. The van der Waals surface area contributed by atoms with Crippen molar-refractivity contribution in [1.29, 1.82) is 0 Å². The minimum atomic E-state index is -3.50. The van der Waals surface area contributed by atoms with Gasteiger partial charge in [-0.25, -0.2) is 0 Å². The lowest BCUT2D eigenvalue weighted by Gasteiger charge is -2.34. The minimum Gasteiger partial charge on any atom is -0.497 e. The number of methoxy groups -OCH3 is 1. The summed E-state index contributed by atoms with van der Waals surface area (Å²) in [5.41, 5.74) is -0.345. The lowest BCUT2D eigenvalue weighted by atomic mass is 9.97. The second-order valence-corrected chi connectivity index (χ2v) is 7.79. The normalized spacial score (nSPS) is 18.4. The van der Waals surface area contributed by atoms with Gasteiger partial charge in [-0.3, -0.25) is 9.59 Å². The average Bonchev–Trinajstić information content (AvgIpc) is 2.75. The Hall–Kier alpha value is -2.48. The largest absolute Gasteiger partial charge is 0.497 e. The molecule has 1 aromatic rings. The van der Waals surface area contributed by atoms with Gasteiger partial charge in [-0.2, -0.15) is 8.78 Å². The van der Waals surface area contributed by atoms with Gasteiger partial charge in [0.2, 0.25) is 5.91 Å². The van der Waals surface area contributed by atoms with Crippen molar-refractivity contribution in [3.63, 3.8) is 0 Å². The number of nitrogens with zero attached hydrogens (tertiary/aromatic N) is 1. The summed E-state index contributed by atoms with van der Waals surface area (Å²) in [5.74, 6) is -4.07. The Kier molecular flexibility index (Phi) is 9.43. The number of piperidine rings is 1. The van der Waals surface area contributed by atoms with E-state index in [0.29, 0.717) is 32.2 Å². The van der Waals surface area contributed by atoms with Crippen LogP contribution in [0.3, 0.4) is 0 Å². The number of amides is 1. The maximum Gasteiger partial charge on any atom is 0.303 e. The summed E-state index contributed by atoms with van der Waals surface area (Å²) < 4.78 is 34.4. The third-order valence-corrected chi connectivity index (χ3v) is 5.49. The van der Waals surface area contributed by atoms with Crippen LogP contribution in [0.4, 0.5) is 8.78 Å². The molecule has 0 aliphatic carbocycles. The highest BCUT2D eigenvalue weighted by atomic mass is 19.3. The third-order valence-electron chi connectivity index (χ3n) is 5.49. The van der Waals surface area contributed by atoms with Gasteiger partial charge in [0.25, 0.3) is 0 Å². The molecule has 0 spiro atoms. The molecule has 1 fully saturated rings. The Morgan fingerprint density at radius 3 is 2.77 bits per heavy atom. The molecule has 1 saturated heterocycles. The van der Waals surface area contributed by atoms with Crippen LogP contribution < -0.4 is 4.74 Å². The third kappa shape index (κ3) is 7.31. The molecule has 6 nitrogen and oxygen atoms in total. The predicted molar refractivity (Wildman–Crippen MR) is 112 cm³/mol. The molecule has 1 aliphatic rings. The zero-order valence-corrected chi connectivity index (χ0v) is 17.8. The molecule has 0 aromatic heterocycles. The first-order chi connectivity index (χ1) is 14.8. The summed E-state index contributed by atoms with van der Waals surface area (Å²) in [6.07, 6.45) is 5.29. The van der Waals surface area contributed by atoms with Gasteiger partial charge in [0.05, 0.1) is 13.2 Å². The first kappa shape index (κ1) is 24.8. The van der Waals surface area contributed by atoms with E-state index in [4.69, 9.17) is 9.84 Å². The lowest BCUT2D eigenvalue weighted by molar-refractivity contribution is -0.137. The van der Waals surface area contributed by atoms with Crippen molar-refractivity contribution >= 4 is 11.9 Å². The van der Waals surface area contributed by atoms with Gasteiger partial charge in [-0.15, -0.1) is 0 Å². The summed E-state index contributed by atoms with van der Waals surface area (Å²) in [7, 11) is 1.38. The number of carbonyl (C=O) groups is 2. The Labute approximate surface area is 181 Å². The highest BCUT2D eigenvalue weighted by Crippen LogP contribution is 2.34. The Balaban J connectivity index is 1.96. The molecule has 8 heteroatoms. The van der Waals surface area contributed by atoms with E-state index < -0.39 is 18.0 Å². The topological polar surface area (TPSA) is 87.1 Å². The van der Waals surface area contributed by atoms with Crippen LogP contribution in [0.25, 0.3) is 0 Å². The highest BCUT2D eigenvalue weighted by molar-refractivity contribution is 5.77. The number of halogens is 2. The highest BCUT2D eigenvalue weighted by Gasteiger charge is 2.39. The van der Waals surface area contributed by atoms with Gasteiger partial charge in [-0.1, -0.05) is 37.1 Å². The zero-order chi connectivity index (χ0) is 22.9. The number of alkyl halides is 2. The number of aliphatic hydroxyl groups excluding tert-OH is 1. The van der Waals surface area contributed by atoms with Crippen LogP contribution in [0.15, 0.2) is 36.4 Å². The monoisotopic (exact) mass is 439 g/mol. The summed E-state index contributed by atoms with van der Waals surface area (Å²) in [6, 6.07) is 5.08. The number of hydrogen-bond donors (Lipinski definition) is 2. The molecular formula is C23H31F2NO5. The molecule has 0 unspecified atom stereocenters. The molecule has 1 amide bonds. The number of likely N-dealkylation sites (tertiary alicyclic amines) is 1. The van der Waals surface area contributed by atoms with Gasteiger partial charge in [0.15, 0.2) is 0 Å². The molecular weight excluding hydrogens is 408 g/mol. The molecule has 2 atom stereocenters. The molecule has 1 aliphatic heterocycles. The van der Waals surface area contributed by atoms with E-state index in [0.717, 1.165) is 25.3 Å². The average molecular weight is 439 g/mol. The fourth-order valence-corrected chi connectivity index (χ4v) is 3.70. The first-order valence-electron chi connectivity index (χ1n) is 10.7. The van der Waals surface area contributed by atoms with Crippen LogP contribution in [0.2, 0.25) is 0 Å². The van der Waals surface area contributed by atoms with Crippen molar-refractivity contribution in [3.8, 4) is 5.75 Å². The van der Waals surface area contributed by atoms with E-state index in [1.54, 1.807) is 11.0 Å². The van der Waals surface area contributed by atoms with Gasteiger partial charge in [0, 0.05) is 24.9 Å². The Morgan fingerprint density at radius 2 is 2.06 bits per heavy atom. The summed E-state index contributed by atoms with van der Waals surface area (Å²) in [5, 5.41) is 18.8. The van der Waals surface area contributed by atoms with Crippen LogP contribution in [0.5, 0.6) is 5.75 Å². The van der Waals surface area contributed by atoms with Crippen LogP contribution in [0.1, 0.15) is 56.9 Å². The van der Waals surface area contributed by atoms with Crippen LogP contribution in [0, 0.1) is 0 Å². The smallest absolute Gasteiger partial charge is 0.303 e. The van der Waals surface area contributed by atoms with E-state index in [9.17, 15) is 23.5 Å². The predicted octanol–water partition coefficient (Wildman–Crippen LogP) is 4.12. The Morgan fingerprint density at radius 1 is 1.32 bits per heavy atom. The van der Waals surface area contributed by atoms with Crippen molar-refractivity contribution in [1.82, 2.24) is 4.90 Å². The number of aliphatic carboxylic acids is 1. The molecule has 172 valence electrons. The molecule has 0 saturated carbocycles. The number of hydrogen-bond acceptors (Lipinski definition) is 4. The standard InChI is InChI=1S/C23H31F2NO5/c1-31-19-10-6-8-17(16-19)23(24,25)20(27)14-13-18-9-7-11-21(28)26(18)15-5-3-2-4-12-22(29)30/h6,8,10,13-14,16,18,20,27H,2-5,7,9,11-12,15H2,1H3,(H,29,30)/t18-,20-/m1/s1. The molecule has 2 rings (SSSR count). The van der Waals surface area contributed by atoms with Crippen molar-refractivity contribution in [2.24, 2.45) is 0 Å². The number of aliphatic hydroxyl groups is 1. The summed E-state index contributed by atoms with van der Waals surface area (Å²) in [6.45, 7) is 0.489. The van der Waals surface area contributed by atoms with Gasteiger partial charge < -0.3 is 19.8 Å². The number of ether oxygens (including phenoxy) is 1. The molecule has 0 radical (unpaired) electrons. The minimum absolute atomic E-state index is 0.0273. The van der Waals surface area contributed by atoms with Crippen LogP contribution in [-0.4, -0.2) is 52.8 Å². The molecule has 0 bridgehead atoms. The fraction of sp³-hybridized carbons (Fsp3) is 0.565. The molecule has 1 aromatic carbocycles. The number of benzene rings is 1. The quantitative estimate of drug-likeness (QED) is 0.378. The fourth-order valence-electron chi connectivity index (χ4n) is 3.70.